The fourth-order valence-corrected chi connectivity index (χ4v) is 6.00. The number of rotatable bonds is 3. The number of Topliss-reactive ketones (excluding diaryl/α,β-unsaturated/α-hetero) is 1. The van der Waals surface area contributed by atoms with E-state index in [9.17, 15) is 14.4 Å². The summed E-state index contributed by atoms with van der Waals surface area (Å²) in [4.78, 5) is 42.8. The highest BCUT2D eigenvalue weighted by Crippen LogP contribution is 2.43. The molecule has 3 heterocycles. The first-order valence-electron chi connectivity index (χ1n) is 12.3. The van der Waals surface area contributed by atoms with Gasteiger partial charge in [0.1, 0.15) is 11.4 Å². The highest BCUT2D eigenvalue weighted by atomic mass is 35.5. The molecule has 0 saturated carbocycles. The zero-order chi connectivity index (χ0) is 24.9. The lowest BCUT2D eigenvalue weighted by Gasteiger charge is -2.44. The number of carbonyl (C=O) groups excluding carboxylic acids is 3. The summed E-state index contributed by atoms with van der Waals surface area (Å²) >= 11 is 6.37. The first kappa shape index (κ1) is 23.9. The largest absolute Gasteiger partial charge is 0.486 e. The van der Waals surface area contributed by atoms with Gasteiger partial charge in [0.25, 0.3) is 0 Å². The highest BCUT2D eigenvalue weighted by molar-refractivity contribution is 6.32. The number of benzene rings is 2. The molecule has 2 atom stereocenters. The Morgan fingerprint density at radius 3 is 2.51 bits per heavy atom. The van der Waals surface area contributed by atoms with E-state index in [2.05, 4.69) is 0 Å². The Morgan fingerprint density at radius 1 is 1.14 bits per heavy atom. The number of halogens is 1. The number of hydrogen-bond acceptors (Lipinski definition) is 4. The second kappa shape index (κ2) is 8.98. The van der Waals surface area contributed by atoms with Crippen molar-refractivity contribution in [1.29, 1.82) is 0 Å². The van der Waals surface area contributed by atoms with Gasteiger partial charge < -0.3 is 14.5 Å². The summed E-state index contributed by atoms with van der Waals surface area (Å²) in [5.74, 6) is 0.377. The molecule has 2 saturated heterocycles. The number of likely N-dealkylation sites (tertiary alicyclic amines) is 2. The summed E-state index contributed by atoms with van der Waals surface area (Å²) in [6.45, 7) is 7.27. The molecule has 2 fully saturated rings. The molecule has 7 heteroatoms. The van der Waals surface area contributed by atoms with Gasteiger partial charge in [0.2, 0.25) is 11.8 Å². The Balaban J connectivity index is 1.24. The maximum Gasteiger partial charge on any atom is 0.227 e. The Labute approximate surface area is 211 Å². The van der Waals surface area contributed by atoms with E-state index in [1.807, 2.05) is 67.0 Å². The Morgan fingerprint density at radius 2 is 1.83 bits per heavy atom. The summed E-state index contributed by atoms with van der Waals surface area (Å²) in [6, 6.07) is 11.7. The standard InChI is InChI=1S/C28H31ClN2O4/c1-17-13-23-25(18(2)26(17)29)22(32)15-28(35-23)9-11-30(12-10-28)27(34)21-14-24(33)31(16-21)19(3)20-7-5-4-6-8-20/h4-8,13,19,21H,9-12,14-16H2,1-3H3. The fourth-order valence-electron chi connectivity index (χ4n) is 5.85. The molecule has 2 aromatic rings. The molecule has 3 aliphatic rings. The van der Waals surface area contributed by atoms with Crippen LogP contribution in [0.4, 0.5) is 0 Å². The van der Waals surface area contributed by atoms with Crippen LogP contribution >= 0.6 is 11.6 Å². The normalized spacial score (nSPS) is 22.2. The molecule has 0 bridgehead atoms. The molecule has 35 heavy (non-hydrogen) atoms. The average molecular weight is 495 g/mol. The molecular formula is C28H31ClN2O4. The number of ether oxygens (including phenoxy) is 1. The van der Waals surface area contributed by atoms with Crippen molar-refractivity contribution in [2.24, 2.45) is 5.92 Å². The van der Waals surface area contributed by atoms with Crippen molar-refractivity contribution in [3.05, 3.63) is 63.7 Å². The van der Waals surface area contributed by atoms with Gasteiger partial charge in [0.15, 0.2) is 5.78 Å². The summed E-state index contributed by atoms with van der Waals surface area (Å²) in [5, 5.41) is 0.610. The highest BCUT2D eigenvalue weighted by Gasteiger charge is 2.46. The number of piperidine rings is 1. The Kier molecular flexibility index (Phi) is 6.12. The van der Waals surface area contributed by atoms with Gasteiger partial charge >= 0.3 is 0 Å². The van der Waals surface area contributed by atoms with Crippen molar-refractivity contribution in [3.63, 3.8) is 0 Å². The first-order chi connectivity index (χ1) is 16.7. The van der Waals surface area contributed by atoms with Crippen molar-refractivity contribution in [3.8, 4) is 5.75 Å². The molecule has 6 nitrogen and oxygen atoms in total. The Hall–Kier alpha value is -2.86. The maximum absolute atomic E-state index is 13.3. The van der Waals surface area contributed by atoms with Crippen molar-refractivity contribution < 1.29 is 19.1 Å². The number of carbonyl (C=O) groups is 3. The smallest absolute Gasteiger partial charge is 0.227 e. The number of aryl methyl sites for hydroxylation is 1. The summed E-state index contributed by atoms with van der Waals surface area (Å²) in [7, 11) is 0. The second-order valence-corrected chi connectivity index (χ2v) is 10.6. The van der Waals surface area contributed by atoms with Crippen LogP contribution in [0.25, 0.3) is 0 Å². The van der Waals surface area contributed by atoms with Gasteiger partial charge in [-0.25, -0.2) is 0 Å². The van der Waals surface area contributed by atoms with Crippen molar-refractivity contribution in [2.45, 2.75) is 58.1 Å². The van der Waals surface area contributed by atoms with Crippen LogP contribution in [0.3, 0.4) is 0 Å². The quantitative estimate of drug-likeness (QED) is 0.609. The van der Waals surface area contributed by atoms with Crippen LogP contribution in [-0.2, 0) is 9.59 Å². The minimum absolute atomic E-state index is 0.0235. The van der Waals surface area contributed by atoms with Gasteiger partial charge in [-0.15, -0.1) is 0 Å². The number of fused-ring (bicyclic) bond motifs is 1. The van der Waals surface area contributed by atoms with Crippen LogP contribution < -0.4 is 4.74 Å². The molecule has 1 spiro atoms. The van der Waals surface area contributed by atoms with Crippen LogP contribution in [0.5, 0.6) is 5.75 Å². The van der Waals surface area contributed by atoms with Gasteiger partial charge in [0, 0.05) is 43.9 Å². The van der Waals surface area contributed by atoms with Crippen LogP contribution in [0.15, 0.2) is 36.4 Å². The third-order valence-electron chi connectivity index (χ3n) is 7.98. The van der Waals surface area contributed by atoms with E-state index in [-0.39, 0.29) is 36.0 Å². The van der Waals surface area contributed by atoms with Crippen LogP contribution in [0.2, 0.25) is 5.02 Å². The predicted molar refractivity (Wildman–Crippen MR) is 134 cm³/mol. The topological polar surface area (TPSA) is 66.9 Å². The predicted octanol–water partition coefficient (Wildman–Crippen LogP) is 4.89. The number of amides is 2. The molecule has 0 radical (unpaired) electrons. The SMILES string of the molecule is Cc1cc2c(c(C)c1Cl)C(=O)CC1(CCN(C(=O)C3CC(=O)N(C(C)c4ccccc4)C3)CC1)O2. The van der Waals surface area contributed by atoms with E-state index in [0.29, 0.717) is 55.2 Å². The zero-order valence-corrected chi connectivity index (χ0v) is 21.2. The molecule has 0 aliphatic carbocycles. The van der Waals surface area contributed by atoms with E-state index in [4.69, 9.17) is 16.3 Å². The Bertz CT molecular complexity index is 1190. The van der Waals surface area contributed by atoms with E-state index in [1.54, 1.807) is 0 Å². The van der Waals surface area contributed by atoms with Crippen molar-refractivity contribution >= 4 is 29.2 Å². The van der Waals surface area contributed by atoms with E-state index >= 15 is 0 Å². The summed E-state index contributed by atoms with van der Waals surface area (Å²) in [6.07, 6.45) is 1.73. The number of hydrogen-bond donors (Lipinski definition) is 0. The van der Waals surface area contributed by atoms with Gasteiger partial charge in [-0.05, 0) is 43.5 Å². The summed E-state index contributed by atoms with van der Waals surface area (Å²) in [5.41, 5.74) is 2.73. The lowest BCUT2D eigenvalue weighted by molar-refractivity contribution is -0.139. The molecule has 184 valence electrons. The van der Waals surface area contributed by atoms with Gasteiger partial charge in [-0.3, -0.25) is 14.4 Å². The fraction of sp³-hybridized carbons (Fsp3) is 0.464. The van der Waals surface area contributed by atoms with E-state index in [0.717, 1.165) is 16.7 Å². The van der Waals surface area contributed by atoms with Crippen molar-refractivity contribution in [1.82, 2.24) is 9.80 Å². The summed E-state index contributed by atoms with van der Waals surface area (Å²) < 4.78 is 6.44. The van der Waals surface area contributed by atoms with Gasteiger partial charge in [-0.2, -0.15) is 0 Å². The average Bonchev–Trinajstić information content (AvgIpc) is 3.24. The molecule has 0 aromatic heterocycles. The van der Waals surface area contributed by atoms with Crippen LogP contribution in [0, 0.1) is 19.8 Å². The molecular weight excluding hydrogens is 464 g/mol. The lowest BCUT2D eigenvalue weighted by Crippen LogP contribution is -2.53. The monoisotopic (exact) mass is 494 g/mol. The third-order valence-corrected chi connectivity index (χ3v) is 8.56. The van der Waals surface area contributed by atoms with Gasteiger partial charge in [-0.1, -0.05) is 41.9 Å². The van der Waals surface area contributed by atoms with Crippen LogP contribution in [0.1, 0.15) is 65.7 Å². The van der Waals surface area contributed by atoms with E-state index < -0.39 is 5.60 Å². The zero-order valence-electron chi connectivity index (χ0n) is 20.5. The minimum atomic E-state index is -0.590. The first-order valence-corrected chi connectivity index (χ1v) is 12.7. The third kappa shape index (κ3) is 4.22. The molecule has 5 rings (SSSR count). The van der Waals surface area contributed by atoms with Crippen LogP contribution in [-0.4, -0.2) is 52.6 Å². The minimum Gasteiger partial charge on any atom is -0.486 e. The lowest BCUT2D eigenvalue weighted by atomic mass is 9.81. The second-order valence-electron chi connectivity index (χ2n) is 10.2. The maximum atomic E-state index is 13.3. The number of ketones is 1. The molecule has 0 N–H and O–H groups in total. The number of nitrogens with zero attached hydrogens (tertiary/aromatic N) is 2. The molecule has 2 aromatic carbocycles. The molecule has 3 aliphatic heterocycles. The molecule has 2 unspecified atom stereocenters. The van der Waals surface area contributed by atoms with E-state index in [1.165, 1.54) is 0 Å². The molecule has 2 amide bonds. The van der Waals surface area contributed by atoms with Gasteiger partial charge in [0.05, 0.1) is 23.9 Å². The van der Waals surface area contributed by atoms with Crippen molar-refractivity contribution in [2.75, 3.05) is 19.6 Å².